The van der Waals surface area contributed by atoms with Gasteiger partial charge in [0, 0.05) is 77.0 Å². The topological polar surface area (TPSA) is 13.0 Å². The lowest BCUT2D eigenvalue weighted by Gasteiger charge is -2.39. The van der Waals surface area contributed by atoms with Crippen LogP contribution in [0.3, 0.4) is 0 Å². The van der Waals surface area contributed by atoms with Gasteiger partial charge in [-0.25, -0.2) is 0 Å². The molecule has 144 valence electrons. The van der Waals surface area contributed by atoms with E-state index in [9.17, 15) is 0 Å². The van der Waals surface area contributed by atoms with Crippen LogP contribution in [0, 0.1) is 11.8 Å². The molecule has 4 aliphatic rings. The predicted octanol–water partition coefficient (Wildman–Crippen LogP) is 2.21. The summed E-state index contributed by atoms with van der Waals surface area (Å²) in [6.07, 6.45) is 5.88. The van der Waals surface area contributed by atoms with E-state index >= 15 is 0 Å². The second-order valence-corrected chi connectivity index (χ2v) is 9.59. The maximum Gasteiger partial charge on any atom is 0.0129 e. The lowest BCUT2D eigenvalue weighted by atomic mass is 10.1. The van der Waals surface area contributed by atoms with Gasteiger partial charge in [0.1, 0.15) is 0 Å². The van der Waals surface area contributed by atoms with Crippen LogP contribution >= 0.6 is 0 Å². The second kappa shape index (κ2) is 7.84. The van der Waals surface area contributed by atoms with Gasteiger partial charge in [-0.2, -0.15) is 0 Å². The minimum Gasteiger partial charge on any atom is -0.301 e. The van der Waals surface area contributed by atoms with E-state index < -0.39 is 0 Å². The van der Waals surface area contributed by atoms with Crippen LogP contribution in [0.5, 0.6) is 0 Å². The van der Waals surface area contributed by atoms with Crippen LogP contribution in [0.1, 0.15) is 46.5 Å². The molecule has 0 radical (unpaired) electrons. The monoisotopic (exact) mass is 348 g/mol. The van der Waals surface area contributed by atoms with E-state index in [1.165, 1.54) is 84.6 Å². The van der Waals surface area contributed by atoms with Crippen molar-refractivity contribution in [2.45, 2.75) is 64.6 Å². The van der Waals surface area contributed by atoms with Crippen molar-refractivity contribution in [1.82, 2.24) is 19.6 Å². The van der Waals surface area contributed by atoms with Crippen molar-refractivity contribution in [3.63, 3.8) is 0 Å². The van der Waals surface area contributed by atoms with E-state index in [0.29, 0.717) is 0 Å². The highest BCUT2D eigenvalue weighted by Gasteiger charge is 2.43. The molecule has 2 heterocycles. The molecule has 0 aromatic heterocycles. The Morgan fingerprint density at radius 3 is 2.04 bits per heavy atom. The third-order valence-corrected chi connectivity index (χ3v) is 7.32. The fourth-order valence-electron chi connectivity index (χ4n) is 5.16. The van der Waals surface area contributed by atoms with Gasteiger partial charge in [-0.1, -0.05) is 0 Å². The van der Waals surface area contributed by atoms with Crippen molar-refractivity contribution >= 4 is 0 Å². The Bertz CT molecular complexity index is 420. The van der Waals surface area contributed by atoms with E-state index in [1.54, 1.807) is 0 Å². The first kappa shape index (κ1) is 18.2. The Balaban J connectivity index is 1.14. The van der Waals surface area contributed by atoms with Gasteiger partial charge in [-0.3, -0.25) is 14.7 Å². The molecule has 25 heavy (non-hydrogen) atoms. The van der Waals surface area contributed by atoms with Crippen molar-refractivity contribution in [3.05, 3.63) is 0 Å². The van der Waals surface area contributed by atoms with Gasteiger partial charge in [0.2, 0.25) is 0 Å². The second-order valence-electron chi connectivity index (χ2n) is 9.59. The normalized spacial score (nSPS) is 34.6. The van der Waals surface area contributed by atoms with Gasteiger partial charge < -0.3 is 4.90 Å². The standard InChI is InChI=1S/C21H40N4/c1-17(2)23-10-12-25(13-11-23)21-15-20(21)14-18(3)24-8-6-22(7-9-24)16-19-4-5-19/h17-21H,4-16H2,1-3H3. The molecular formula is C21H40N4. The molecule has 4 nitrogen and oxygen atoms in total. The van der Waals surface area contributed by atoms with Crippen molar-refractivity contribution in [2.75, 3.05) is 58.9 Å². The van der Waals surface area contributed by atoms with E-state index in [0.717, 1.165) is 30.0 Å². The van der Waals surface area contributed by atoms with Crippen molar-refractivity contribution < 1.29 is 0 Å². The first-order chi connectivity index (χ1) is 12.1. The van der Waals surface area contributed by atoms with Gasteiger partial charge >= 0.3 is 0 Å². The van der Waals surface area contributed by atoms with Gasteiger partial charge in [-0.15, -0.1) is 0 Å². The van der Waals surface area contributed by atoms with Crippen molar-refractivity contribution in [1.29, 1.82) is 0 Å². The summed E-state index contributed by atoms with van der Waals surface area (Å²) >= 11 is 0. The minimum absolute atomic E-state index is 0.718. The molecule has 2 saturated heterocycles. The van der Waals surface area contributed by atoms with Crippen molar-refractivity contribution in [2.24, 2.45) is 11.8 Å². The smallest absolute Gasteiger partial charge is 0.0129 e. The predicted molar refractivity (Wildman–Crippen MR) is 105 cm³/mol. The molecule has 0 aromatic rings. The Morgan fingerprint density at radius 2 is 1.44 bits per heavy atom. The van der Waals surface area contributed by atoms with Crippen LogP contribution in [0.2, 0.25) is 0 Å². The maximum absolute atomic E-state index is 2.80. The Kier molecular flexibility index (Phi) is 5.71. The molecule has 0 spiro atoms. The van der Waals surface area contributed by atoms with Gasteiger partial charge in [-0.05, 0) is 58.3 Å². The van der Waals surface area contributed by atoms with Gasteiger partial charge in [0.05, 0.1) is 0 Å². The molecule has 0 amide bonds. The molecule has 0 bridgehead atoms. The summed E-state index contributed by atoms with van der Waals surface area (Å²) in [5, 5.41) is 0. The van der Waals surface area contributed by atoms with Crippen LogP contribution in [0.15, 0.2) is 0 Å². The zero-order chi connectivity index (χ0) is 17.4. The third-order valence-electron chi connectivity index (χ3n) is 7.32. The van der Waals surface area contributed by atoms with Crippen LogP contribution in [0.25, 0.3) is 0 Å². The highest BCUT2D eigenvalue weighted by atomic mass is 15.3. The zero-order valence-electron chi connectivity index (χ0n) is 16.9. The summed E-state index contributed by atoms with van der Waals surface area (Å²) < 4.78 is 0. The number of rotatable bonds is 7. The summed E-state index contributed by atoms with van der Waals surface area (Å²) in [4.78, 5) is 10.9. The average molecular weight is 349 g/mol. The van der Waals surface area contributed by atoms with Crippen LogP contribution in [0.4, 0.5) is 0 Å². The third kappa shape index (κ3) is 4.77. The molecule has 3 atom stereocenters. The molecule has 2 saturated carbocycles. The molecule has 4 heteroatoms. The summed E-state index contributed by atoms with van der Waals surface area (Å²) in [5.74, 6) is 2.03. The first-order valence-corrected chi connectivity index (χ1v) is 11.0. The maximum atomic E-state index is 2.80. The Morgan fingerprint density at radius 1 is 0.800 bits per heavy atom. The highest BCUT2D eigenvalue weighted by molar-refractivity contribution is 4.98. The molecular weight excluding hydrogens is 308 g/mol. The Labute approximate surface area is 155 Å². The summed E-state index contributed by atoms with van der Waals surface area (Å²) in [7, 11) is 0. The lowest BCUT2D eigenvalue weighted by molar-refractivity contribution is 0.0846. The van der Waals surface area contributed by atoms with Crippen LogP contribution in [-0.4, -0.2) is 96.6 Å². The number of hydrogen-bond acceptors (Lipinski definition) is 4. The SMILES string of the molecule is CC(C)N1CCN(C2CC2CC(C)N2CCN(CC3CC3)CC2)CC1. The molecule has 4 fully saturated rings. The minimum atomic E-state index is 0.718. The number of nitrogens with zero attached hydrogens (tertiary/aromatic N) is 4. The fraction of sp³-hybridized carbons (Fsp3) is 1.00. The zero-order valence-corrected chi connectivity index (χ0v) is 16.9. The van der Waals surface area contributed by atoms with E-state index in [1.807, 2.05) is 0 Å². The summed E-state index contributed by atoms with van der Waals surface area (Å²) in [6, 6.07) is 2.42. The van der Waals surface area contributed by atoms with E-state index in [4.69, 9.17) is 0 Å². The molecule has 0 N–H and O–H groups in total. The molecule has 2 aliphatic carbocycles. The summed E-state index contributed by atoms with van der Waals surface area (Å²) in [6.45, 7) is 18.9. The fourth-order valence-corrected chi connectivity index (χ4v) is 5.16. The first-order valence-electron chi connectivity index (χ1n) is 11.0. The number of hydrogen-bond donors (Lipinski definition) is 0. The summed E-state index contributed by atoms with van der Waals surface area (Å²) in [5.41, 5.74) is 0. The largest absolute Gasteiger partial charge is 0.301 e. The van der Waals surface area contributed by atoms with E-state index in [2.05, 4.69) is 40.4 Å². The molecule has 2 aliphatic heterocycles. The molecule has 3 unspecified atom stereocenters. The van der Waals surface area contributed by atoms with E-state index in [-0.39, 0.29) is 0 Å². The van der Waals surface area contributed by atoms with Gasteiger partial charge in [0.25, 0.3) is 0 Å². The molecule has 4 rings (SSSR count). The quantitative estimate of drug-likeness (QED) is 0.699. The molecule has 0 aromatic carbocycles. The van der Waals surface area contributed by atoms with Crippen LogP contribution < -0.4 is 0 Å². The highest BCUT2D eigenvalue weighted by Crippen LogP contribution is 2.40. The lowest BCUT2D eigenvalue weighted by Crippen LogP contribution is -2.51. The Hall–Kier alpha value is -0.160. The number of piperazine rings is 2. The van der Waals surface area contributed by atoms with Crippen LogP contribution in [-0.2, 0) is 0 Å². The van der Waals surface area contributed by atoms with Gasteiger partial charge in [0.15, 0.2) is 0 Å². The average Bonchev–Trinajstić information content (AvgIpc) is 3.53. The van der Waals surface area contributed by atoms with Crippen molar-refractivity contribution in [3.8, 4) is 0 Å².